The van der Waals surface area contributed by atoms with E-state index in [2.05, 4.69) is 52.0 Å². The van der Waals surface area contributed by atoms with Crippen molar-refractivity contribution < 1.29 is 4.39 Å². The monoisotopic (exact) mass is 404 g/mol. The lowest BCUT2D eigenvalue weighted by atomic mass is 10.0. The molecule has 0 aliphatic rings. The van der Waals surface area contributed by atoms with E-state index in [0.717, 1.165) is 16.8 Å². The molecule has 4 rings (SSSR count). The maximum absolute atomic E-state index is 14.0. The van der Waals surface area contributed by atoms with E-state index < -0.39 is 0 Å². The summed E-state index contributed by atoms with van der Waals surface area (Å²) in [5.41, 5.74) is 8.73. The van der Waals surface area contributed by atoms with Gasteiger partial charge in [-0.25, -0.2) is 9.07 Å². The molecule has 0 fully saturated rings. The average Bonchev–Trinajstić information content (AvgIpc) is 3.03. The lowest BCUT2D eigenvalue weighted by Gasteiger charge is -2.10. The Morgan fingerprint density at radius 1 is 0.759 bits per heavy atom. The molecule has 146 valence electrons. The predicted octanol–water partition coefficient (Wildman–Crippen LogP) is 7.23. The van der Waals surface area contributed by atoms with E-state index in [0.29, 0.717) is 16.4 Å². The summed E-state index contributed by atoms with van der Waals surface area (Å²) in [4.78, 5) is 0. The fourth-order valence-electron chi connectivity index (χ4n) is 3.40. The van der Waals surface area contributed by atoms with Crippen molar-refractivity contribution in [1.29, 1.82) is 0 Å². The van der Waals surface area contributed by atoms with Gasteiger partial charge in [0.25, 0.3) is 0 Å². The smallest absolute Gasteiger partial charge is 0.125 e. The average molecular weight is 405 g/mol. The molecule has 0 amide bonds. The van der Waals surface area contributed by atoms with Crippen LogP contribution in [0.2, 0.25) is 5.02 Å². The molecule has 0 N–H and O–H groups in total. The van der Waals surface area contributed by atoms with Gasteiger partial charge >= 0.3 is 0 Å². The van der Waals surface area contributed by atoms with Gasteiger partial charge in [-0.05, 0) is 80.3 Å². The maximum atomic E-state index is 14.0. The van der Waals surface area contributed by atoms with E-state index in [1.807, 2.05) is 18.2 Å². The topological polar surface area (TPSA) is 17.8 Å². The minimum Gasteiger partial charge on any atom is -0.231 e. The largest absolute Gasteiger partial charge is 0.231 e. The molecular weight excluding hydrogens is 383 g/mol. The van der Waals surface area contributed by atoms with Crippen molar-refractivity contribution in [3.05, 3.63) is 93.8 Å². The molecule has 2 nitrogen and oxygen atoms in total. The summed E-state index contributed by atoms with van der Waals surface area (Å²) in [6.45, 7) is 8.29. The van der Waals surface area contributed by atoms with Gasteiger partial charge in [-0.15, -0.1) is 0 Å². The van der Waals surface area contributed by atoms with Gasteiger partial charge in [-0.1, -0.05) is 41.9 Å². The van der Waals surface area contributed by atoms with Crippen molar-refractivity contribution in [3.8, 4) is 28.2 Å². The third-order valence-electron chi connectivity index (χ3n) is 5.44. The van der Waals surface area contributed by atoms with Crippen LogP contribution >= 0.6 is 11.6 Å². The molecule has 1 aromatic heterocycles. The highest BCUT2D eigenvalue weighted by Crippen LogP contribution is 2.39. The minimum absolute atomic E-state index is 0.312. The van der Waals surface area contributed by atoms with Gasteiger partial charge in [0.1, 0.15) is 11.5 Å². The molecule has 0 spiro atoms. The molecule has 29 heavy (non-hydrogen) atoms. The van der Waals surface area contributed by atoms with Gasteiger partial charge in [0.05, 0.1) is 16.4 Å². The molecule has 1 heterocycles. The van der Waals surface area contributed by atoms with E-state index in [1.54, 1.807) is 10.7 Å². The van der Waals surface area contributed by atoms with E-state index >= 15 is 0 Å². The van der Waals surface area contributed by atoms with Gasteiger partial charge in [0, 0.05) is 11.1 Å². The molecule has 0 bridgehead atoms. The van der Waals surface area contributed by atoms with Crippen LogP contribution in [0.4, 0.5) is 4.39 Å². The first kappa shape index (κ1) is 19.4. The fourth-order valence-corrected chi connectivity index (χ4v) is 3.74. The third-order valence-corrected chi connectivity index (χ3v) is 5.80. The van der Waals surface area contributed by atoms with Crippen LogP contribution in [0.15, 0.2) is 60.7 Å². The first-order valence-electron chi connectivity index (χ1n) is 9.55. The molecule has 0 saturated carbocycles. The number of benzene rings is 3. The van der Waals surface area contributed by atoms with E-state index in [4.69, 9.17) is 16.7 Å². The lowest BCUT2D eigenvalue weighted by Crippen LogP contribution is -2.00. The number of hydrogen-bond acceptors (Lipinski definition) is 1. The molecule has 4 aromatic rings. The molecule has 3 aromatic carbocycles. The van der Waals surface area contributed by atoms with Crippen LogP contribution < -0.4 is 0 Å². The van der Waals surface area contributed by atoms with E-state index in [9.17, 15) is 4.39 Å². The van der Waals surface area contributed by atoms with Crippen molar-refractivity contribution in [2.24, 2.45) is 0 Å². The third kappa shape index (κ3) is 3.58. The Hall–Kier alpha value is -2.91. The molecule has 0 atom stereocenters. The number of nitrogens with zero attached hydrogens (tertiary/aromatic N) is 2. The zero-order valence-corrected chi connectivity index (χ0v) is 17.7. The Morgan fingerprint density at radius 2 is 1.38 bits per heavy atom. The molecule has 0 saturated heterocycles. The number of rotatable bonds is 3. The second-order valence-corrected chi connectivity index (χ2v) is 7.88. The maximum Gasteiger partial charge on any atom is 0.125 e. The van der Waals surface area contributed by atoms with Crippen molar-refractivity contribution >= 4 is 11.6 Å². The molecule has 0 radical (unpaired) electrons. The molecule has 0 unspecified atom stereocenters. The highest BCUT2D eigenvalue weighted by Gasteiger charge is 2.21. The van der Waals surface area contributed by atoms with Crippen molar-refractivity contribution in [2.45, 2.75) is 27.7 Å². The minimum atomic E-state index is -0.312. The highest BCUT2D eigenvalue weighted by molar-refractivity contribution is 6.35. The van der Waals surface area contributed by atoms with Crippen LogP contribution in [-0.2, 0) is 0 Å². The second-order valence-electron chi connectivity index (χ2n) is 7.50. The van der Waals surface area contributed by atoms with Crippen LogP contribution in [-0.4, -0.2) is 9.78 Å². The van der Waals surface area contributed by atoms with Crippen LogP contribution in [0, 0.1) is 33.5 Å². The Kier molecular flexibility index (Phi) is 5.01. The molecule has 0 aliphatic heterocycles. The van der Waals surface area contributed by atoms with Gasteiger partial charge in [0.15, 0.2) is 0 Å². The Balaban J connectivity index is 2.00. The lowest BCUT2D eigenvalue weighted by molar-refractivity contribution is 0.625. The molecular formula is C25H22ClFN2. The van der Waals surface area contributed by atoms with Gasteiger partial charge in [0.2, 0.25) is 0 Å². The Bertz CT molecular complexity index is 1220. The number of aryl methyl sites for hydroxylation is 4. The van der Waals surface area contributed by atoms with Crippen LogP contribution in [0.3, 0.4) is 0 Å². The zero-order chi connectivity index (χ0) is 20.7. The number of hydrogen-bond donors (Lipinski definition) is 0. The summed E-state index contributed by atoms with van der Waals surface area (Å²) in [6.07, 6.45) is 0. The standard InChI is InChI=1S/C25H22ClFN2/c1-15-8-10-19(12-17(15)3)24-23(26)25(20-11-9-16(2)18(4)13-20)29(28-24)22-7-5-6-21(27)14-22/h5-14H,1-4H3. The summed E-state index contributed by atoms with van der Waals surface area (Å²) >= 11 is 6.90. The second kappa shape index (κ2) is 7.49. The Labute approximate surface area is 175 Å². The van der Waals surface area contributed by atoms with Gasteiger partial charge in [-0.3, -0.25) is 0 Å². The SMILES string of the molecule is Cc1ccc(-c2nn(-c3cccc(F)c3)c(-c3ccc(C)c(C)c3)c2Cl)cc1C. The number of halogens is 2. The van der Waals surface area contributed by atoms with Gasteiger partial charge < -0.3 is 0 Å². The van der Waals surface area contributed by atoms with Crippen LogP contribution in [0.25, 0.3) is 28.2 Å². The predicted molar refractivity (Wildman–Crippen MR) is 118 cm³/mol. The van der Waals surface area contributed by atoms with Crippen LogP contribution in [0.1, 0.15) is 22.3 Å². The highest BCUT2D eigenvalue weighted by atomic mass is 35.5. The summed E-state index contributed by atoms with van der Waals surface area (Å²) in [5, 5.41) is 5.36. The van der Waals surface area contributed by atoms with E-state index in [-0.39, 0.29) is 5.82 Å². The van der Waals surface area contributed by atoms with Gasteiger partial charge in [-0.2, -0.15) is 5.10 Å². The molecule has 4 heteroatoms. The summed E-state index contributed by atoms with van der Waals surface area (Å²) in [5.74, 6) is -0.312. The summed E-state index contributed by atoms with van der Waals surface area (Å²) < 4.78 is 15.7. The van der Waals surface area contributed by atoms with Crippen molar-refractivity contribution in [3.63, 3.8) is 0 Å². The quantitative estimate of drug-likeness (QED) is 0.352. The summed E-state index contributed by atoms with van der Waals surface area (Å²) in [7, 11) is 0. The van der Waals surface area contributed by atoms with Crippen molar-refractivity contribution in [2.75, 3.05) is 0 Å². The van der Waals surface area contributed by atoms with E-state index in [1.165, 1.54) is 34.4 Å². The normalized spacial score (nSPS) is 11.1. The Morgan fingerprint density at radius 3 is 2.00 bits per heavy atom. The first-order chi connectivity index (χ1) is 13.8. The molecule has 0 aliphatic carbocycles. The number of aromatic nitrogens is 2. The van der Waals surface area contributed by atoms with Crippen LogP contribution in [0.5, 0.6) is 0 Å². The van der Waals surface area contributed by atoms with Crippen molar-refractivity contribution in [1.82, 2.24) is 9.78 Å². The fraction of sp³-hybridized carbons (Fsp3) is 0.160. The zero-order valence-electron chi connectivity index (χ0n) is 16.9. The first-order valence-corrected chi connectivity index (χ1v) is 9.92. The summed E-state index contributed by atoms with van der Waals surface area (Å²) in [6, 6.07) is 18.8.